The van der Waals surface area contributed by atoms with E-state index in [1.165, 1.54) is 12.1 Å². The molecule has 0 saturated heterocycles. The SMILES string of the molecule is CCCCC(CC)COC(=O)/C(C#N)=C(/c1ccccc1)c1ccc(F)cc1. The van der Waals surface area contributed by atoms with Crippen molar-refractivity contribution in [1.82, 2.24) is 0 Å². The lowest BCUT2D eigenvalue weighted by Crippen LogP contribution is -2.16. The smallest absolute Gasteiger partial charge is 0.349 e. The highest BCUT2D eigenvalue weighted by atomic mass is 19.1. The molecule has 2 aromatic carbocycles. The van der Waals surface area contributed by atoms with Crippen LogP contribution < -0.4 is 0 Å². The Morgan fingerprint density at radius 3 is 2.29 bits per heavy atom. The van der Waals surface area contributed by atoms with E-state index < -0.39 is 5.97 Å². The molecule has 0 aromatic heterocycles. The molecule has 0 amide bonds. The summed E-state index contributed by atoms with van der Waals surface area (Å²) in [6, 6.07) is 16.9. The van der Waals surface area contributed by atoms with Crippen LogP contribution >= 0.6 is 0 Å². The van der Waals surface area contributed by atoms with E-state index in [0.29, 0.717) is 23.3 Å². The van der Waals surface area contributed by atoms with Crippen LogP contribution in [0.4, 0.5) is 4.39 Å². The molecule has 0 N–H and O–H groups in total. The second kappa shape index (κ2) is 11.0. The molecule has 1 atom stereocenters. The molecular weight excluding hydrogens is 353 g/mol. The minimum Gasteiger partial charge on any atom is -0.461 e. The number of rotatable bonds is 9. The number of halogens is 1. The normalized spacial score (nSPS) is 12.6. The molecule has 0 radical (unpaired) electrons. The molecule has 0 spiro atoms. The Morgan fingerprint density at radius 2 is 1.71 bits per heavy atom. The van der Waals surface area contributed by atoms with Gasteiger partial charge in [-0.3, -0.25) is 0 Å². The predicted octanol–water partition coefficient (Wildman–Crippen LogP) is 5.91. The van der Waals surface area contributed by atoms with Gasteiger partial charge in [0.15, 0.2) is 0 Å². The molecular formula is C24H26FNO2. The lowest BCUT2D eigenvalue weighted by atomic mass is 9.93. The fraction of sp³-hybridized carbons (Fsp3) is 0.333. The number of carbonyl (C=O) groups excluding carboxylic acids is 1. The third-order valence-electron chi connectivity index (χ3n) is 4.75. The van der Waals surface area contributed by atoms with Gasteiger partial charge < -0.3 is 4.74 Å². The predicted molar refractivity (Wildman–Crippen MR) is 109 cm³/mol. The Bertz CT molecular complexity index is 835. The van der Waals surface area contributed by atoms with E-state index in [9.17, 15) is 14.4 Å². The maximum Gasteiger partial charge on any atom is 0.349 e. The van der Waals surface area contributed by atoms with E-state index >= 15 is 0 Å². The first-order chi connectivity index (χ1) is 13.6. The zero-order valence-corrected chi connectivity index (χ0v) is 16.5. The summed E-state index contributed by atoms with van der Waals surface area (Å²) < 4.78 is 18.9. The minimum absolute atomic E-state index is 0.0665. The van der Waals surface area contributed by atoms with Gasteiger partial charge in [-0.05, 0) is 35.6 Å². The van der Waals surface area contributed by atoms with Gasteiger partial charge in [0.25, 0.3) is 0 Å². The number of esters is 1. The lowest BCUT2D eigenvalue weighted by Gasteiger charge is -2.16. The number of nitrogens with zero attached hydrogens (tertiary/aromatic N) is 1. The minimum atomic E-state index is -0.638. The largest absolute Gasteiger partial charge is 0.461 e. The van der Waals surface area contributed by atoms with Gasteiger partial charge in [0.1, 0.15) is 17.5 Å². The summed E-state index contributed by atoms with van der Waals surface area (Å²) in [5.74, 6) is -0.727. The maximum atomic E-state index is 13.4. The molecule has 0 fully saturated rings. The highest BCUT2D eigenvalue weighted by molar-refractivity contribution is 6.05. The van der Waals surface area contributed by atoms with E-state index in [1.54, 1.807) is 12.1 Å². The molecule has 4 heteroatoms. The number of ether oxygens (including phenoxy) is 1. The molecule has 28 heavy (non-hydrogen) atoms. The quantitative estimate of drug-likeness (QED) is 0.309. The summed E-state index contributed by atoms with van der Waals surface area (Å²) in [4.78, 5) is 12.7. The number of unbranched alkanes of at least 4 members (excludes halogenated alkanes) is 1. The Labute approximate surface area is 166 Å². The van der Waals surface area contributed by atoms with Crippen molar-refractivity contribution >= 4 is 11.5 Å². The Kier molecular flexibility index (Phi) is 8.42. The Balaban J connectivity index is 2.37. The van der Waals surface area contributed by atoms with Gasteiger partial charge in [0, 0.05) is 5.57 Å². The average molecular weight is 379 g/mol. The summed E-state index contributed by atoms with van der Waals surface area (Å²) in [5.41, 5.74) is 1.69. The fourth-order valence-electron chi connectivity index (χ4n) is 3.04. The van der Waals surface area contributed by atoms with Gasteiger partial charge in [-0.1, -0.05) is 75.6 Å². The lowest BCUT2D eigenvalue weighted by molar-refractivity contribution is -0.139. The second-order valence-corrected chi connectivity index (χ2v) is 6.75. The van der Waals surface area contributed by atoms with Crippen LogP contribution in [0.15, 0.2) is 60.2 Å². The molecule has 3 nitrogen and oxygen atoms in total. The summed E-state index contributed by atoms with van der Waals surface area (Å²) >= 11 is 0. The van der Waals surface area contributed by atoms with E-state index in [1.807, 2.05) is 36.4 Å². The van der Waals surface area contributed by atoms with E-state index in [-0.39, 0.29) is 17.3 Å². The monoisotopic (exact) mass is 379 g/mol. The van der Waals surface area contributed by atoms with Crippen molar-refractivity contribution in [3.63, 3.8) is 0 Å². The van der Waals surface area contributed by atoms with Gasteiger partial charge in [-0.15, -0.1) is 0 Å². The number of carbonyl (C=O) groups is 1. The topological polar surface area (TPSA) is 50.1 Å². The Hall–Kier alpha value is -2.93. The molecule has 0 saturated carbocycles. The van der Waals surface area contributed by atoms with Crippen molar-refractivity contribution in [3.8, 4) is 6.07 Å². The number of benzene rings is 2. The van der Waals surface area contributed by atoms with Crippen molar-refractivity contribution in [2.75, 3.05) is 6.61 Å². The summed E-state index contributed by atoms with van der Waals surface area (Å²) in [5, 5.41) is 9.73. The number of hydrogen-bond donors (Lipinski definition) is 0. The van der Waals surface area contributed by atoms with Gasteiger partial charge >= 0.3 is 5.97 Å². The van der Waals surface area contributed by atoms with Gasteiger partial charge in [-0.25, -0.2) is 9.18 Å². The summed E-state index contributed by atoms with van der Waals surface area (Å²) in [6.45, 7) is 4.50. The van der Waals surface area contributed by atoms with Crippen molar-refractivity contribution < 1.29 is 13.9 Å². The first kappa shape index (κ1) is 21.4. The van der Waals surface area contributed by atoms with Crippen LogP contribution in [0, 0.1) is 23.1 Å². The van der Waals surface area contributed by atoms with E-state index in [0.717, 1.165) is 25.7 Å². The van der Waals surface area contributed by atoms with Gasteiger partial charge in [0.05, 0.1) is 6.61 Å². The second-order valence-electron chi connectivity index (χ2n) is 6.75. The molecule has 0 aliphatic carbocycles. The van der Waals surface area contributed by atoms with Crippen molar-refractivity contribution in [2.45, 2.75) is 39.5 Å². The van der Waals surface area contributed by atoms with Crippen LogP contribution in [-0.2, 0) is 9.53 Å². The average Bonchev–Trinajstić information content (AvgIpc) is 2.73. The molecule has 0 bridgehead atoms. The van der Waals surface area contributed by atoms with Crippen molar-refractivity contribution in [3.05, 3.63) is 77.1 Å². The van der Waals surface area contributed by atoms with Crippen LogP contribution in [0.25, 0.3) is 5.57 Å². The molecule has 0 aliphatic heterocycles. The molecule has 0 aliphatic rings. The van der Waals surface area contributed by atoms with Crippen molar-refractivity contribution in [1.29, 1.82) is 5.26 Å². The summed E-state index contributed by atoms with van der Waals surface area (Å²) in [7, 11) is 0. The molecule has 0 heterocycles. The van der Waals surface area contributed by atoms with Crippen LogP contribution in [0.1, 0.15) is 50.7 Å². The fourth-order valence-corrected chi connectivity index (χ4v) is 3.04. The third kappa shape index (κ3) is 5.79. The number of hydrogen-bond acceptors (Lipinski definition) is 3. The first-order valence-electron chi connectivity index (χ1n) is 9.73. The first-order valence-corrected chi connectivity index (χ1v) is 9.73. The van der Waals surface area contributed by atoms with E-state index in [2.05, 4.69) is 13.8 Å². The summed E-state index contributed by atoms with van der Waals surface area (Å²) in [6.07, 6.45) is 4.09. The Morgan fingerprint density at radius 1 is 1.07 bits per heavy atom. The number of nitriles is 1. The third-order valence-corrected chi connectivity index (χ3v) is 4.75. The molecule has 146 valence electrons. The van der Waals surface area contributed by atoms with Crippen LogP contribution in [0.2, 0.25) is 0 Å². The van der Waals surface area contributed by atoms with Crippen LogP contribution in [0.5, 0.6) is 0 Å². The highest BCUT2D eigenvalue weighted by Crippen LogP contribution is 2.28. The van der Waals surface area contributed by atoms with Gasteiger partial charge in [0.2, 0.25) is 0 Å². The standard InChI is InChI=1S/C24H26FNO2/c1-3-5-9-18(4-2)17-28-24(27)22(16-26)23(19-10-7-6-8-11-19)20-12-14-21(25)15-13-20/h6-8,10-15,18H,3-5,9,17H2,1-2H3/b23-22-. The van der Waals surface area contributed by atoms with Crippen LogP contribution in [0.3, 0.4) is 0 Å². The highest BCUT2D eigenvalue weighted by Gasteiger charge is 2.21. The van der Waals surface area contributed by atoms with Crippen LogP contribution in [-0.4, -0.2) is 12.6 Å². The zero-order chi connectivity index (χ0) is 20.4. The zero-order valence-electron chi connectivity index (χ0n) is 16.5. The van der Waals surface area contributed by atoms with Crippen molar-refractivity contribution in [2.24, 2.45) is 5.92 Å². The van der Waals surface area contributed by atoms with E-state index in [4.69, 9.17) is 4.74 Å². The maximum absolute atomic E-state index is 13.4. The molecule has 2 aromatic rings. The molecule has 1 unspecified atom stereocenters. The van der Waals surface area contributed by atoms with Gasteiger partial charge in [-0.2, -0.15) is 5.26 Å². The molecule has 2 rings (SSSR count).